The van der Waals surface area contributed by atoms with Gasteiger partial charge in [0, 0.05) is 25.6 Å². The molecular weight excluding hydrogens is 789 g/mol. The molecule has 0 bridgehead atoms. The number of methoxy groups -OCH3 is 1. The van der Waals surface area contributed by atoms with Gasteiger partial charge in [0.15, 0.2) is 0 Å². The number of nitrogens with zero attached hydrogens (tertiary/aromatic N) is 1. The Morgan fingerprint density at radius 3 is 1.78 bits per heavy atom. The first kappa shape index (κ1) is 47.2. The molecule has 3 aliphatic carbocycles. The summed E-state index contributed by atoms with van der Waals surface area (Å²) in [5, 5.41) is 8.74. The van der Waals surface area contributed by atoms with Crippen LogP contribution in [0.5, 0.6) is 0 Å². The third kappa shape index (κ3) is 13.0. The van der Waals surface area contributed by atoms with Gasteiger partial charge in [-0.3, -0.25) is 4.79 Å². The molecule has 4 amide bonds. The molecule has 4 atom stereocenters. The number of fused-ring (bicyclic) bond motifs is 1. The smallest absolute Gasteiger partial charge is 0.407 e. The van der Waals surface area contributed by atoms with Crippen LogP contribution in [0.4, 0.5) is 9.59 Å². The van der Waals surface area contributed by atoms with Crippen molar-refractivity contribution in [2.75, 3.05) is 39.3 Å². The number of piperidine rings is 1. The molecule has 0 spiro atoms. The van der Waals surface area contributed by atoms with Gasteiger partial charge in [0.1, 0.15) is 18.7 Å². The lowest BCUT2D eigenvalue weighted by atomic mass is 9.81. The summed E-state index contributed by atoms with van der Waals surface area (Å²) >= 11 is 0. The number of hydrogen-bond acceptors (Lipinski definition) is 10. The minimum Gasteiger partial charge on any atom is -0.467 e. The number of carbonyl (C=O) groups is 4. The molecule has 328 valence electrons. The van der Waals surface area contributed by atoms with E-state index in [0.29, 0.717) is 19.4 Å². The average molecular weight is 855 g/mol. The summed E-state index contributed by atoms with van der Waals surface area (Å²) in [6.45, 7) is 10.7. The van der Waals surface area contributed by atoms with Crippen molar-refractivity contribution in [2.45, 2.75) is 129 Å². The van der Waals surface area contributed by atoms with E-state index in [4.69, 9.17) is 9.47 Å². The molecule has 3 saturated carbocycles. The van der Waals surface area contributed by atoms with Crippen LogP contribution in [0.1, 0.15) is 104 Å². The number of esters is 1. The Kier molecular flexibility index (Phi) is 15.3. The first-order valence-electron chi connectivity index (χ1n) is 20.3. The summed E-state index contributed by atoms with van der Waals surface area (Å²) in [4.78, 5) is 53.3. The molecular formula is C40H66N6O10S2. The predicted molar refractivity (Wildman–Crippen MR) is 220 cm³/mol. The Balaban J connectivity index is 0.000000280. The zero-order chi connectivity index (χ0) is 43.2. The van der Waals surface area contributed by atoms with Gasteiger partial charge in [-0.25, -0.2) is 40.7 Å². The molecule has 1 aliphatic heterocycles. The van der Waals surface area contributed by atoms with Crippen molar-refractivity contribution < 1.29 is 45.5 Å². The number of likely N-dealkylation sites (tertiary alicyclic amines) is 1. The molecule has 0 radical (unpaired) electrons. The number of rotatable bonds is 13. The van der Waals surface area contributed by atoms with Gasteiger partial charge in [-0.15, -0.1) is 0 Å². The highest BCUT2D eigenvalue weighted by molar-refractivity contribution is 7.89. The van der Waals surface area contributed by atoms with Gasteiger partial charge in [0.05, 0.1) is 30.7 Å². The maximum Gasteiger partial charge on any atom is 0.407 e. The van der Waals surface area contributed by atoms with E-state index in [1.54, 1.807) is 4.90 Å². The van der Waals surface area contributed by atoms with Gasteiger partial charge >= 0.3 is 18.1 Å². The number of hydrogen-bond donors (Lipinski definition) is 5. The Morgan fingerprint density at radius 2 is 1.31 bits per heavy atom. The zero-order valence-corrected chi connectivity index (χ0v) is 37.1. The molecule has 1 heterocycles. The second kappa shape index (κ2) is 18.8. The monoisotopic (exact) mass is 854 g/mol. The number of amides is 4. The van der Waals surface area contributed by atoms with Crippen LogP contribution in [0.3, 0.4) is 0 Å². The van der Waals surface area contributed by atoms with E-state index >= 15 is 0 Å². The van der Waals surface area contributed by atoms with Gasteiger partial charge in [-0.1, -0.05) is 103 Å². The normalized spacial score (nSPS) is 23.8. The zero-order valence-electron chi connectivity index (χ0n) is 35.4. The van der Waals surface area contributed by atoms with E-state index in [-0.39, 0.29) is 42.9 Å². The Morgan fingerprint density at radius 1 is 0.810 bits per heavy atom. The van der Waals surface area contributed by atoms with Gasteiger partial charge in [0.2, 0.25) is 26.0 Å². The lowest BCUT2D eigenvalue weighted by molar-refractivity contribution is -0.154. The first-order chi connectivity index (χ1) is 26.9. The van der Waals surface area contributed by atoms with Crippen LogP contribution < -0.4 is 25.4 Å². The van der Waals surface area contributed by atoms with Crippen LogP contribution >= 0.6 is 0 Å². The number of ether oxygens (including phenoxy) is 2. The van der Waals surface area contributed by atoms with Gasteiger partial charge in [-0.2, -0.15) is 0 Å². The van der Waals surface area contributed by atoms with Crippen LogP contribution in [0.2, 0.25) is 0 Å². The van der Waals surface area contributed by atoms with Crippen LogP contribution in [0.15, 0.2) is 30.3 Å². The standard InChI is InChI=1S/C24H42N4O6S.C16H24N2O4S/c1-22(2,3)18(19(29)28-13-15-16(23(15,4)5)17(28)20(30)34-6)26-21(31)27-24(11-9-8-10-12-24)14-25-35(7,32)33;1-23(20,21)17-13-16(10-6-3-7-11-16)18-15(19)22-12-14-8-4-2-5-9-14/h15-18,25H,8-14H2,1-7H3,(H2,26,27,31);2,4-5,8-9,17H,3,6-7,10-13H2,1H3,(H,18,19)/t15-,16-,17-,18+;/m0./s1. The van der Waals surface area contributed by atoms with E-state index in [2.05, 4.69) is 39.2 Å². The van der Waals surface area contributed by atoms with Crippen LogP contribution in [0, 0.1) is 22.7 Å². The number of nitrogens with one attached hydrogen (secondary N) is 5. The summed E-state index contributed by atoms with van der Waals surface area (Å²) in [5.74, 6) is -0.474. The van der Waals surface area contributed by atoms with Crippen molar-refractivity contribution in [3.8, 4) is 0 Å². The third-order valence-electron chi connectivity index (χ3n) is 12.2. The number of urea groups is 1. The van der Waals surface area contributed by atoms with Crippen LogP contribution in [-0.2, 0) is 45.7 Å². The largest absolute Gasteiger partial charge is 0.467 e. The van der Waals surface area contributed by atoms with Crippen LogP contribution in [0.25, 0.3) is 0 Å². The van der Waals surface area contributed by atoms with Crippen molar-refractivity contribution in [1.82, 2.24) is 30.3 Å². The Labute approximate surface area is 345 Å². The minimum absolute atomic E-state index is 0.0301. The van der Waals surface area contributed by atoms with Crippen molar-refractivity contribution in [2.24, 2.45) is 22.7 Å². The maximum absolute atomic E-state index is 13.7. The number of benzene rings is 1. The van der Waals surface area contributed by atoms with Crippen molar-refractivity contribution in [1.29, 1.82) is 0 Å². The van der Waals surface area contributed by atoms with Gasteiger partial charge in [-0.05, 0) is 48.0 Å². The predicted octanol–water partition coefficient (Wildman–Crippen LogP) is 3.77. The fourth-order valence-corrected chi connectivity index (χ4v) is 9.87. The quantitative estimate of drug-likeness (QED) is 0.181. The van der Waals surface area contributed by atoms with E-state index < -0.39 is 66.7 Å². The SMILES string of the molecule is COC(=O)[C@@H]1[C@@H]2[C@H](CN1C(=O)[C@@H](NC(=O)NC1(CNS(C)(=O)=O)CCCCC1)C(C)(C)C)C2(C)C.CS(=O)(=O)NCC1(NC(=O)OCc2ccccc2)CCCCC1. The van der Waals surface area contributed by atoms with Crippen molar-refractivity contribution >= 4 is 44.0 Å². The Bertz CT molecular complexity index is 1820. The molecule has 0 unspecified atom stereocenters. The highest BCUT2D eigenvalue weighted by Gasteiger charge is 2.70. The molecule has 4 fully saturated rings. The highest BCUT2D eigenvalue weighted by atomic mass is 32.2. The molecule has 18 heteroatoms. The summed E-state index contributed by atoms with van der Waals surface area (Å²) < 4.78 is 61.5. The van der Waals surface area contributed by atoms with Gasteiger partial charge in [0.25, 0.3) is 0 Å². The minimum atomic E-state index is -3.42. The van der Waals surface area contributed by atoms with Crippen LogP contribution in [-0.4, -0.2) is 108 Å². The molecule has 0 aromatic heterocycles. The number of sulfonamides is 2. The molecule has 16 nitrogen and oxygen atoms in total. The summed E-state index contributed by atoms with van der Waals surface area (Å²) in [6, 6.07) is 7.38. The average Bonchev–Trinajstić information content (AvgIpc) is 3.44. The number of alkyl carbamates (subject to hydrolysis) is 1. The molecule has 1 aromatic rings. The highest BCUT2D eigenvalue weighted by Crippen LogP contribution is 2.65. The van der Waals surface area contributed by atoms with Gasteiger partial charge < -0.3 is 30.3 Å². The fraction of sp³-hybridized carbons (Fsp3) is 0.750. The first-order valence-corrected chi connectivity index (χ1v) is 24.0. The van der Waals surface area contributed by atoms with Crippen molar-refractivity contribution in [3.63, 3.8) is 0 Å². The second-order valence-electron chi connectivity index (χ2n) is 18.4. The second-order valence-corrected chi connectivity index (χ2v) is 22.0. The lowest BCUT2D eigenvalue weighted by Crippen LogP contribution is -2.63. The molecule has 1 saturated heterocycles. The Hall–Kier alpha value is -3.48. The molecule has 4 aliphatic rings. The topological polar surface area (TPSA) is 218 Å². The number of carbonyl (C=O) groups excluding carboxylic acids is 4. The summed E-state index contributed by atoms with van der Waals surface area (Å²) in [5.41, 5.74) is -1.02. The third-order valence-corrected chi connectivity index (χ3v) is 13.6. The molecule has 1 aromatic carbocycles. The molecule has 5 rings (SSSR count). The fourth-order valence-electron chi connectivity index (χ4n) is 8.79. The van der Waals surface area contributed by atoms with E-state index in [1.165, 1.54) is 7.11 Å². The summed E-state index contributed by atoms with van der Waals surface area (Å²) in [6.07, 6.45) is 10.3. The maximum atomic E-state index is 13.7. The van der Waals surface area contributed by atoms with E-state index in [0.717, 1.165) is 69.4 Å². The lowest BCUT2D eigenvalue weighted by Gasteiger charge is -2.40. The summed E-state index contributed by atoms with van der Waals surface area (Å²) in [7, 11) is -5.39. The van der Waals surface area contributed by atoms with E-state index in [1.807, 2.05) is 51.1 Å². The van der Waals surface area contributed by atoms with Crippen molar-refractivity contribution in [3.05, 3.63) is 35.9 Å². The molecule has 58 heavy (non-hydrogen) atoms. The van der Waals surface area contributed by atoms with E-state index in [9.17, 15) is 36.0 Å². The molecule has 5 N–H and O–H groups in total.